The molecule has 2 rings (SSSR count). The predicted molar refractivity (Wildman–Crippen MR) is 76.6 cm³/mol. The fourth-order valence-electron chi connectivity index (χ4n) is 2.44. The number of aromatic carboxylic acids is 1. The Morgan fingerprint density at radius 3 is 2.36 bits per heavy atom. The van der Waals surface area contributed by atoms with E-state index in [9.17, 15) is 22.0 Å². The third-order valence-electron chi connectivity index (χ3n) is 3.57. The maximum Gasteiger partial charge on any atom is 0.335 e. The van der Waals surface area contributed by atoms with Gasteiger partial charge in [-0.25, -0.2) is 26.7 Å². The van der Waals surface area contributed by atoms with Crippen molar-refractivity contribution in [3.8, 4) is 0 Å². The first-order valence-corrected chi connectivity index (χ1v) is 8.49. The fourth-order valence-corrected chi connectivity index (χ4v) is 3.82. The summed E-state index contributed by atoms with van der Waals surface area (Å²) in [5, 5.41) is 8.76. The molecule has 0 atom stereocenters. The molecule has 0 bridgehead atoms. The number of carboxylic acid groups (broad SMARTS) is 1. The highest BCUT2D eigenvalue weighted by Crippen LogP contribution is 2.42. The highest BCUT2D eigenvalue weighted by Gasteiger charge is 2.46. The maximum atomic E-state index is 12.7. The van der Waals surface area contributed by atoms with Gasteiger partial charge < -0.3 is 5.11 Å². The molecule has 0 heterocycles. The lowest BCUT2D eigenvalue weighted by atomic mass is 9.83. The van der Waals surface area contributed by atoms with Crippen molar-refractivity contribution >= 4 is 16.0 Å². The largest absolute Gasteiger partial charge is 0.478 e. The number of carboxylic acids is 1. The molecular weight excluding hydrogens is 316 g/mol. The molecule has 0 unspecified atom stereocenters. The van der Waals surface area contributed by atoms with Crippen LogP contribution in [0.4, 0.5) is 8.78 Å². The van der Waals surface area contributed by atoms with E-state index in [4.69, 9.17) is 5.11 Å². The number of benzene rings is 1. The third-order valence-corrected chi connectivity index (χ3v) is 5.12. The summed E-state index contributed by atoms with van der Waals surface area (Å²) in [4.78, 5) is 10.7. The van der Waals surface area contributed by atoms with Crippen LogP contribution in [0.2, 0.25) is 0 Å². The highest BCUT2D eigenvalue weighted by atomic mass is 32.2. The summed E-state index contributed by atoms with van der Waals surface area (Å²) in [5.74, 6) is -4.50. The van der Waals surface area contributed by atoms with Crippen LogP contribution in [0.1, 0.15) is 28.8 Å². The zero-order chi connectivity index (χ0) is 16.4. The third kappa shape index (κ3) is 4.74. The van der Waals surface area contributed by atoms with Crippen molar-refractivity contribution in [1.82, 2.24) is 4.72 Å². The van der Waals surface area contributed by atoms with Gasteiger partial charge in [0.15, 0.2) is 0 Å². The van der Waals surface area contributed by atoms with E-state index in [1.807, 2.05) is 0 Å². The monoisotopic (exact) mass is 333 g/mol. The van der Waals surface area contributed by atoms with Gasteiger partial charge in [-0.3, -0.25) is 0 Å². The molecule has 122 valence electrons. The first-order chi connectivity index (χ1) is 10.2. The van der Waals surface area contributed by atoms with Gasteiger partial charge in [-0.05, 0) is 30.0 Å². The summed E-state index contributed by atoms with van der Waals surface area (Å²) in [7, 11) is -3.56. The van der Waals surface area contributed by atoms with Crippen LogP contribution in [-0.4, -0.2) is 37.7 Å². The first-order valence-electron chi connectivity index (χ1n) is 6.84. The van der Waals surface area contributed by atoms with Crippen molar-refractivity contribution in [1.29, 1.82) is 0 Å². The number of hydrogen-bond donors (Lipinski definition) is 2. The van der Waals surface area contributed by atoms with E-state index in [0.717, 1.165) is 5.56 Å². The fraction of sp³-hybridized carbons (Fsp3) is 0.500. The molecule has 1 aliphatic rings. The van der Waals surface area contributed by atoms with Gasteiger partial charge in [-0.2, -0.15) is 0 Å². The minimum Gasteiger partial charge on any atom is -0.478 e. The van der Waals surface area contributed by atoms with Crippen molar-refractivity contribution in [3.63, 3.8) is 0 Å². The van der Waals surface area contributed by atoms with Crippen LogP contribution in [0.15, 0.2) is 24.3 Å². The molecule has 0 spiro atoms. The molecule has 0 radical (unpaired) electrons. The smallest absolute Gasteiger partial charge is 0.335 e. The SMILES string of the molecule is O=C(O)c1ccc(CCNS(=O)(=O)CC2CC(F)(F)C2)cc1. The molecule has 0 aromatic heterocycles. The molecule has 22 heavy (non-hydrogen) atoms. The van der Waals surface area contributed by atoms with E-state index in [1.165, 1.54) is 12.1 Å². The second-order valence-corrected chi connectivity index (χ2v) is 7.41. The summed E-state index contributed by atoms with van der Waals surface area (Å²) in [6.45, 7) is 0.151. The summed E-state index contributed by atoms with van der Waals surface area (Å²) < 4.78 is 51.2. The van der Waals surface area contributed by atoms with Crippen molar-refractivity contribution in [2.24, 2.45) is 5.92 Å². The van der Waals surface area contributed by atoms with Gasteiger partial charge in [0.1, 0.15) is 0 Å². The Bertz CT molecular complexity index is 635. The van der Waals surface area contributed by atoms with Crippen LogP contribution < -0.4 is 4.72 Å². The summed E-state index contributed by atoms with van der Waals surface area (Å²) in [5.41, 5.74) is 0.957. The number of nitrogens with one attached hydrogen (secondary N) is 1. The number of carbonyl (C=O) groups is 1. The van der Waals surface area contributed by atoms with Crippen LogP contribution in [0, 0.1) is 5.92 Å². The Balaban J connectivity index is 1.76. The molecule has 0 aliphatic heterocycles. The molecular formula is C14H17F2NO4S. The Kier molecular flexibility index (Phi) is 4.81. The molecule has 1 fully saturated rings. The number of alkyl halides is 2. The zero-order valence-corrected chi connectivity index (χ0v) is 12.6. The molecule has 1 saturated carbocycles. The standard InChI is InChI=1S/C14H17F2NO4S/c15-14(16)7-11(8-14)9-22(20,21)17-6-5-10-1-3-12(4-2-10)13(18)19/h1-4,11,17H,5-9H2,(H,18,19). The lowest BCUT2D eigenvalue weighted by molar-refractivity contribution is -0.103. The second-order valence-electron chi connectivity index (χ2n) is 5.56. The van der Waals surface area contributed by atoms with E-state index in [-0.39, 0.29) is 30.7 Å². The van der Waals surface area contributed by atoms with Gasteiger partial charge in [0.25, 0.3) is 0 Å². The van der Waals surface area contributed by atoms with Gasteiger partial charge in [-0.15, -0.1) is 0 Å². The molecule has 1 aromatic carbocycles. The number of rotatable bonds is 7. The molecule has 5 nitrogen and oxygen atoms in total. The average molecular weight is 333 g/mol. The van der Waals surface area contributed by atoms with E-state index in [1.54, 1.807) is 12.1 Å². The molecule has 1 aromatic rings. The van der Waals surface area contributed by atoms with E-state index in [0.29, 0.717) is 6.42 Å². The van der Waals surface area contributed by atoms with Gasteiger partial charge in [0.2, 0.25) is 15.9 Å². The molecule has 2 N–H and O–H groups in total. The van der Waals surface area contributed by atoms with Crippen LogP contribution in [0.5, 0.6) is 0 Å². The summed E-state index contributed by atoms with van der Waals surface area (Å²) >= 11 is 0. The molecule has 0 amide bonds. The van der Waals surface area contributed by atoms with Gasteiger partial charge in [-0.1, -0.05) is 12.1 Å². The number of hydrogen-bond acceptors (Lipinski definition) is 3. The Morgan fingerprint density at radius 2 is 1.86 bits per heavy atom. The normalized spacial score (nSPS) is 17.9. The molecule has 0 saturated heterocycles. The van der Waals surface area contributed by atoms with Gasteiger partial charge in [0, 0.05) is 19.4 Å². The lowest BCUT2D eigenvalue weighted by Crippen LogP contribution is -2.42. The number of halogens is 2. The highest BCUT2D eigenvalue weighted by molar-refractivity contribution is 7.89. The maximum absolute atomic E-state index is 12.7. The lowest BCUT2D eigenvalue weighted by Gasteiger charge is -2.34. The predicted octanol–water partition coefficient (Wildman–Crippen LogP) is 1.89. The van der Waals surface area contributed by atoms with E-state index < -0.39 is 27.8 Å². The van der Waals surface area contributed by atoms with Crippen molar-refractivity contribution < 1.29 is 27.1 Å². The minimum absolute atomic E-state index is 0.151. The van der Waals surface area contributed by atoms with E-state index in [2.05, 4.69) is 4.72 Å². The Hall–Kier alpha value is -1.54. The molecule has 1 aliphatic carbocycles. The first kappa shape index (κ1) is 16.8. The Morgan fingerprint density at radius 1 is 1.27 bits per heavy atom. The van der Waals surface area contributed by atoms with Crippen LogP contribution >= 0.6 is 0 Å². The summed E-state index contributed by atoms with van der Waals surface area (Å²) in [6.07, 6.45) is -0.338. The average Bonchev–Trinajstić information content (AvgIpc) is 2.36. The quantitative estimate of drug-likeness (QED) is 0.798. The van der Waals surface area contributed by atoms with Crippen molar-refractivity contribution in [3.05, 3.63) is 35.4 Å². The van der Waals surface area contributed by atoms with Crippen LogP contribution in [0.3, 0.4) is 0 Å². The summed E-state index contributed by atoms with van der Waals surface area (Å²) in [6, 6.07) is 6.12. The zero-order valence-electron chi connectivity index (χ0n) is 11.8. The van der Waals surface area contributed by atoms with Crippen molar-refractivity contribution in [2.75, 3.05) is 12.3 Å². The molecule has 8 heteroatoms. The topological polar surface area (TPSA) is 83.5 Å². The Labute approximate surface area is 127 Å². The second kappa shape index (κ2) is 6.29. The van der Waals surface area contributed by atoms with Gasteiger partial charge >= 0.3 is 5.97 Å². The number of sulfonamides is 1. The van der Waals surface area contributed by atoms with Crippen LogP contribution in [0.25, 0.3) is 0 Å². The van der Waals surface area contributed by atoms with Crippen LogP contribution in [-0.2, 0) is 16.4 Å². The van der Waals surface area contributed by atoms with E-state index >= 15 is 0 Å². The van der Waals surface area contributed by atoms with Gasteiger partial charge in [0.05, 0.1) is 11.3 Å². The van der Waals surface area contributed by atoms with Crippen molar-refractivity contribution in [2.45, 2.75) is 25.2 Å². The minimum atomic E-state index is -3.56.